The summed E-state index contributed by atoms with van der Waals surface area (Å²) in [5.74, 6) is 0.829. The molecule has 1 aromatic heterocycles. The molecule has 3 aromatic rings. The SMILES string of the molecule is CN(C)c1ccc(/C=C/C(=O)Nc2cccnc2Oc2ccccc2C(C)(C)C)cc1. The van der Waals surface area contributed by atoms with E-state index < -0.39 is 0 Å². The van der Waals surface area contributed by atoms with Gasteiger partial charge in [-0.2, -0.15) is 0 Å². The Balaban J connectivity index is 1.75. The minimum absolute atomic E-state index is 0.0837. The van der Waals surface area contributed by atoms with Crippen LogP contribution in [0.15, 0.2) is 72.9 Å². The first kappa shape index (κ1) is 22.1. The van der Waals surface area contributed by atoms with Crippen molar-refractivity contribution in [2.75, 3.05) is 24.3 Å². The average molecular weight is 416 g/mol. The van der Waals surface area contributed by atoms with Gasteiger partial charge < -0.3 is 15.0 Å². The number of benzene rings is 2. The summed E-state index contributed by atoms with van der Waals surface area (Å²) in [5, 5.41) is 2.87. The van der Waals surface area contributed by atoms with Gasteiger partial charge in [-0.1, -0.05) is 51.1 Å². The van der Waals surface area contributed by atoms with Gasteiger partial charge in [0.05, 0.1) is 0 Å². The minimum Gasteiger partial charge on any atom is -0.437 e. The van der Waals surface area contributed by atoms with Crippen molar-refractivity contribution in [1.29, 1.82) is 0 Å². The number of hydrogen-bond donors (Lipinski definition) is 1. The second-order valence-electron chi connectivity index (χ2n) is 8.51. The fourth-order valence-electron chi connectivity index (χ4n) is 3.08. The third-order valence-corrected chi connectivity index (χ3v) is 4.77. The van der Waals surface area contributed by atoms with Crippen molar-refractivity contribution < 1.29 is 9.53 Å². The molecule has 5 heteroatoms. The van der Waals surface area contributed by atoms with Crippen LogP contribution in [0, 0.1) is 0 Å². The highest BCUT2D eigenvalue weighted by molar-refractivity contribution is 6.02. The van der Waals surface area contributed by atoms with Crippen LogP contribution in [-0.4, -0.2) is 25.0 Å². The Morgan fingerprint density at radius 3 is 2.39 bits per heavy atom. The fourth-order valence-corrected chi connectivity index (χ4v) is 3.08. The standard InChI is InChI=1S/C26H29N3O2/c1-26(2,3)21-9-6-7-11-23(21)31-25-22(10-8-18-27-25)28-24(30)17-14-19-12-15-20(16-13-19)29(4)5/h6-18H,1-5H3,(H,28,30)/b17-14+. The lowest BCUT2D eigenvalue weighted by molar-refractivity contribution is -0.111. The zero-order valence-corrected chi connectivity index (χ0v) is 18.7. The van der Waals surface area contributed by atoms with Gasteiger partial charge in [0.25, 0.3) is 0 Å². The van der Waals surface area contributed by atoms with Gasteiger partial charge in [0, 0.05) is 37.6 Å². The third kappa shape index (κ3) is 5.95. The molecule has 0 unspecified atom stereocenters. The number of anilines is 2. The van der Waals surface area contributed by atoms with Crippen LogP contribution < -0.4 is 15.0 Å². The Labute approximate surface area is 184 Å². The summed E-state index contributed by atoms with van der Waals surface area (Å²) in [7, 11) is 3.98. The van der Waals surface area contributed by atoms with Crippen molar-refractivity contribution in [3.8, 4) is 11.6 Å². The van der Waals surface area contributed by atoms with E-state index in [1.165, 1.54) is 6.08 Å². The number of nitrogens with zero attached hydrogens (tertiary/aromatic N) is 2. The highest BCUT2D eigenvalue weighted by atomic mass is 16.5. The van der Waals surface area contributed by atoms with Gasteiger partial charge in [0.15, 0.2) is 0 Å². The lowest BCUT2D eigenvalue weighted by Gasteiger charge is -2.22. The molecular weight excluding hydrogens is 386 g/mol. The maximum absolute atomic E-state index is 12.5. The monoisotopic (exact) mass is 415 g/mol. The van der Waals surface area contributed by atoms with Crippen LogP contribution >= 0.6 is 0 Å². The number of aromatic nitrogens is 1. The number of rotatable bonds is 6. The van der Waals surface area contributed by atoms with E-state index in [4.69, 9.17) is 4.74 Å². The lowest BCUT2D eigenvalue weighted by atomic mass is 9.86. The Hall–Kier alpha value is -3.60. The number of carbonyl (C=O) groups excluding carboxylic acids is 1. The van der Waals surface area contributed by atoms with Gasteiger partial charge in [-0.05, 0) is 47.4 Å². The zero-order chi connectivity index (χ0) is 22.4. The Morgan fingerprint density at radius 1 is 1.00 bits per heavy atom. The maximum Gasteiger partial charge on any atom is 0.248 e. The molecule has 2 aromatic carbocycles. The second kappa shape index (κ2) is 9.47. The second-order valence-corrected chi connectivity index (χ2v) is 8.51. The smallest absolute Gasteiger partial charge is 0.248 e. The molecule has 0 saturated heterocycles. The summed E-state index contributed by atoms with van der Waals surface area (Å²) in [5.41, 5.74) is 3.55. The van der Waals surface area contributed by atoms with E-state index in [1.54, 1.807) is 24.4 Å². The predicted molar refractivity (Wildman–Crippen MR) is 128 cm³/mol. The molecule has 0 atom stereocenters. The lowest BCUT2D eigenvalue weighted by Crippen LogP contribution is -2.13. The van der Waals surface area contributed by atoms with Crippen molar-refractivity contribution in [3.63, 3.8) is 0 Å². The number of amides is 1. The van der Waals surface area contributed by atoms with Gasteiger partial charge in [-0.25, -0.2) is 4.98 Å². The van der Waals surface area contributed by atoms with Crippen molar-refractivity contribution >= 4 is 23.4 Å². The van der Waals surface area contributed by atoms with Crippen molar-refractivity contribution in [3.05, 3.63) is 84.1 Å². The first-order valence-electron chi connectivity index (χ1n) is 10.2. The van der Waals surface area contributed by atoms with E-state index in [-0.39, 0.29) is 11.3 Å². The number of nitrogens with one attached hydrogen (secondary N) is 1. The van der Waals surface area contributed by atoms with E-state index in [0.29, 0.717) is 11.6 Å². The summed E-state index contributed by atoms with van der Waals surface area (Å²) in [6.07, 6.45) is 4.93. The number of pyridine rings is 1. The molecule has 31 heavy (non-hydrogen) atoms. The number of para-hydroxylation sites is 1. The largest absolute Gasteiger partial charge is 0.437 e. The van der Waals surface area contributed by atoms with Gasteiger partial charge in [0.2, 0.25) is 11.8 Å². The number of carbonyl (C=O) groups is 1. The van der Waals surface area contributed by atoms with Gasteiger partial charge in [-0.15, -0.1) is 0 Å². The predicted octanol–water partition coefficient (Wildman–Crippen LogP) is 5.89. The fraction of sp³-hybridized carbons (Fsp3) is 0.231. The zero-order valence-electron chi connectivity index (χ0n) is 18.7. The maximum atomic E-state index is 12.5. The summed E-state index contributed by atoms with van der Waals surface area (Å²) in [6, 6.07) is 19.4. The first-order valence-corrected chi connectivity index (χ1v) is 10.2. The molecule has 1 amide bonds. The van der Waals surface area contributed by atoms with Crippen molar-refractivity contribution in [1.82, 2.24) is 4.98 Å². The number of hydrogen-bond acceptors (Lipinski definition) is 4. The van der Waals surface area contributed by atoms with Crippen LogP contribution in [0.2, 0.25) is 0 Å². The van der Waals surface area contributed by atoms with Crippen LogP contribution in [-0.2, 0) is 10.2 Å². The quantitative estimate of drug-likeness (QED) is 0.510. The van der Waals surface area contributed by atoms with Crippen LogP contribution in [0.3, 0.4) is 0 Å². The van der Waals surface area contributed by atoms with Crippen LogP contribution in [0.5, 0.6) is 11.6 Å². The molecular formula is C26H29N3O2. The summed E-state index contributed by atoms with van der Waals surface area (Å²) in [4.78, 5) is 18.9. The Morgan fingerprint density at radius 2 is 1.71 bits per heavy atom. The topological polar surface area (TPSA) is 54.5 Å². The molecule has 0 spiro atoms. The molecule has 0 fully saturated rings. The highest BCUT2D eigenvalue weighted by Crippen LogP contribution is 2.35. The molecule has 1 heterocycles. The normalized spacial score (nSPS) is 11.4. The number of ether oxygens (including phenoxy) is 1. The van der Waals surface area contributed by atoms with Crippen LogP contribution in [0.4, 0.5) is 11.4 Å². The molecule has 5 nitrogen and oxygen atoms in total. The van der Waals surface area contributed by atoms with Gasteiger partial charge >= 0.3 is 0 Å². The first-order chi connectivity index (χ1) is 14.7. The van der Waals surface area contributed by atoms with Gasteiger partial charge in [0.1, 0.15) is 11.4 Å². The summed E-state index contributed by atoms with van der Waals surface area (Å²) < 4.78 is 6.11. The van der Waals surface area contributed by atoms with E-state index in [2.05, 4.69) is 31.1 Å². The summed E-state index contributed by atoms with van der Waals surface area (Å²) in [6.45, 7) is 6.39. The summed E-state index contributed by atoms with van der Waals surface area (Å²) >= 11 is 0. The molecule has 160 valence electrons. The minimum atomic E-state index is -0.251. The van der Waals surface area contributed by atoms with E-state index in [9.17, 15) is 4.79 Å². The van der Waals surface area contributed by atoms with Crippen molar-refractivity contribution in [2.24, 2.45) is 0 Å². The average Bonchev–Trinajstić information content (AvgIpc) is 2.73. The Bertz CT molecular complexity index is 1060. The Kier molecular flexibility index (Phi) is 6.75. The van der Waals surface area contributed by atoms with E-state index >= 15 is 0 Å². The van der Waals surface area contributed by atoms with Crippen molar-refractivity contribution in [2.45, 2.75) is 26.2 Å². The molecule has 0 bridgehead atoms. The van der Waals surface area contributed by atoms with Crippen LogP contribution in [0.25, 0.3) is 6.08 Å². The molecule has 0 aliphatic carbocycles. The van der Waals surface area contributed by atoms with E-state index in [0.717, 1.165) is 22.6 Å². The highest BCUT2D eigenvalue weighted by Gasteiger charge is 2.20. The van der Waals surface area contributed by atoms with Crippen LogP contribution in [0.1, 0.15) is 31.9 Å². The molecule has 0 aliphatic rings. The molecule has 0 aliphatic heterocycles. The van der Waals surface area contributed by atoms with Gasteiger partial charge in [-0.3, -0.25) is 4.79 Å². The molecule has 0 saturated carbocycles. The molecule has 0 radical (unpaired) electrons. The molecule has 1 N–H and O–H groups in total. The van der Waals surface area contributed by atoms with E-state index in [1.807, 2.05) is 67.5 Å². The molecule has 3 rings (SSSR count). The third-order valence-electron chi connectivity index (χ3n) is 4.77.